The number of nitrogens with zero attached hydrogens (tertiary/aromatic N) is 2. The molecular weight excluding hydrogens is 293 g/mol. The second-order valence-corrected chi connectivity index (χ2v) is 5.96. The van der Waals surface area contributed by atoms with Gasteiger partial charge >= 0.3 is 0 Å². The standard InChI is InChI=1S/C18H18FN3O/c1-13-3-8-17-20-16(9-18(23)22(17)10-13)12-21(2)11-14-4-6-15(19)7-5-14/h3-10H,11-12H2,1-2H3/p+1. The van der Waals surface area contributed by atoms with Crippen LogP contribution >= 0.6 is 0 Å². The van der Waals surface area contributed by atoms with Gasteiger partial charge in [-0.25, -0.2) is 9.37 Å². The molecular formula is C18H19FN3O+. The lowest BCUT2D eigenvalue weighted by molar-refractivity contribution is -0.908. The van der Waals surface area contributed by atoms with Crippen molar-refractivity contribution in [3.8, 4) is 0 Å². The minimum atomic E-state index is -0.231. The Balaban J connectivity index is 1.79. The number of hydrogen-bond acceptors (Lipinski definition) is 2. The molecule has 1 N–H and O–H groups in total. The quantitative estimate of drug-likeness (QED) is 0.790. The molecule has 1 unspecified atom stereocenters. The number of halogens is 1. The predicted octanol–water partition coefficient (Wildman–Crippen LogP) is 1.36. The first kappa shape index (κ1) is 15.4. The Bertz CT molecular complexity index is 887. The van der Waals surface area contributed by atoms with Crippen molar-refractivity contribution < 1.29 is 9.29 Å². The van der Waals surface area contributed by atoms with Crippen molar-refractivity contribution in [2.45, 2.75) is 20.0 Å². The largest absolute Gasteiger partial charge is 0.329 e. The average molecular weight is 312 g/mol. The van der Waals surface area contributed by atoms with Crippen molar-refractivity contribution in [2.24, 2.45) is 0 Å². The van der Waals surface area contributed by atoms with Gasteiger partial charge in [-0.3, -0.25) is 9.20 Å². The van der Waals surface area contributed by atoms with E-state index in [4.69, 9.17) is 0 Å². The molecule has 0 spiro atoms. The van der Waals surface area contributed by atoms with E-state index in [1.54, 1.807) is 28.8 Å². The molecule has 2 aromatic heterocycles. The maximum Gasteiger partial charge on any atom is 0.258 e. The van der Waals surface area contributed by atoms with Crippen LogP contribution in [0.3, 0.4) is 0 Å². The minimum absolute atomic E-state index is 0.0664. The summed E-state index contributed by atoms with van der Waals surface area (Å²) in [4.78, 5) is 17.9. The van der Waals surface area contributed by atoms with Crippen LogP contribution in [0.15, 0.2) is 53.5 Å². The number of fused-ring (bicyclic) bond motifs is 1. The Labute approximate surface area is 133 Å². The van der Waals surface area contributed by atoms with E-state index < -0.39 is 0 Å². The van der Waals surface area contributed by atoms with Gasteiger partial charge in [0.25, 0.3) is 5.56 Å². The van der Waals surface area contributed by atoms with Gasteiger partial charge in [-0.1, -0.05) is 18.2 Å². The van der Waals surface area contributed by atoms with E-state index in [-0.39, 0.29) is 11.4 Å². The van der Waals surface area contributed by atoms with E-state index >= 15 is 0 Å². The molecule has 0 radical (unpaired) electrons. The van der Waals surface area contributed by atoms with Crippen LogP contribution in [0.25, 0.3) is 5.65 Å². The van der Waals surface area contributed by atoms with Gasteiger partial charge in [0, 0.05) is 17.8 Å². The van der Waals surface area contributed by atoms with Gasteiger partial charge in [0.2, 0.25) is 0 Å². The summed E-state index contributed by atoms with van der Waals surface area (Å²) >= 11 is 0. The lowest BCUT2D eigenvalue weighted by Gasteiger charge is -2.14. The molecule has 1 atom stereocenters. The van der Waals surface area contributed by atoms with Crippen LogP contribution < -0.4 is 10.5 Å². The zero-order valence-electron chi connectivity index (χ0n) is 13.2. The third kappa shape index (κ3) is 3.63. The molecule has 0 saturated carbocycles. The lowest BCUT2D eigenvalue weighted by Crippen LogP contribution is -3.06. The number of benzene rings is 1. The summed E-state index contributed by atoms with van der Waals surface area (Å²) in [5.74, 6) is -0.231. The molecule has 118 valence electrons. The molecule has 0 aliphatic carbocycles. The van der Waals surface area contributed by atoms with E-state index in [2.05, 4.69) is 4.98 Å². The molecule has 0 fully saturated rings. The van der Waals surface area contributed by atoms with Crippen molar-refractivity contribution in [3.05, 3.63) is 81.7 Å². The van der Waals surface area contributed by atoms with Crippen LogP contribution in [-0.4, -0.2) is 16.4 Å². The van der Waals surface area contributed by atoms with Crippen LogP contribution in [-0.2, 0) is 13.1 Å². The summed E-state index contributed by atoms with van der Waals surface area (Å²) in [6, 6.07) is 11.9. The van der Waals surface area contributed by atoms with Crippen molar-refractivity contribution in [1.82, 2.24) is 9.38 Å². The maximum absolute atomic E-state index is 12.9. The van der Waals surface area contributed by atoms with Gasteiger partial charge in [-0.15, -0.1) is 0 Å². The van der Waals surface area contributed by atoms with Crippen LogP contribution in [0.1, 0.15) is 16.8 Å². The molecule has 23 heavy (non-hydrogen) atoms. The van der Waals surface area contributed by atoms with Crippen molar-refractivity contribution in [3.63, 3.8) is 0 Å². The van der Waals surface area contributed by atoms with Gasteiger partial charge in [-0.05, 0) is 30.7 Å². The van der Waals surface area contributed by atoms with E-state index in [1.807, 2.05) is 26.1 Å². The average Bonchev–Trinajstić information content (AvgIpc) is 2.50. The van der Waals surface area contributed by atoms with Gasteiger partial charge in [0.05, 0.1) is 7.05 Å². The first-order chi connectivity index (χ1) is 11.0. The second kappa shape index (κ2) is 6.30. The van der Waals surface area contributed by atoms with E-state index in [1.165, 1.54) is 17.0 Å². The zero-order valence-corrected chi connectivity index (χ0v) is 13.2. The highest BCUT2D eigenvalue weighted by Gasteiger charge is 2.09. The Morgan fingerprint density at radius 2 is 1.87 bits per heavy atom. The third-order valence-electron chi connectivity index (χ3n) is 3.76. The highest BCUT2D eigenvalue weighted by atomic mass is 19.1. The molecule has 2 heterocycles. The Hall–Kier alpha value is -2.53. The monoisotopic (exact) mass is 312 g/mol. The number of quaternary nitrogens is 1. The SMILES string of the molecule is Cc1ccc2nc(C[NH+](C)Cc3ccc(F)cc3)cc(=O)n2c1. The molecule has 0 bridgehead atoms. The lowest BCUT2D eigenvalue weighted by atomic mass is 10.2. The first-order valence-corrected chi connectivity index (χ1v) is 7.56. The third-order valence-corrected chi connectivity index (χ3v) is 3.76. The van der Waals surface area contributed by atoms with Crippen LogP contribution in [0.5, 0.6) is 0 Å². The summed E-state index contributed by atoms with van der Waals surface area (Å²) < 4.78 is 14.5. The fraction of sp³-hybridized carbons (Fsp3) is 0.222. The first-order valence-electron chi connectivity index (χ1n) is 7.56. The van der Waals surface area contributed by atoms with Crippen LogP contribution in [0.4, 0.5) is 4.39 Å². The predicted molar refractivity (Wildman–Crippen MR) is 86.9 cm³/mol. The summed E-state index contributed by atoms with van der Waals surface area (Å²) in [5.41, 5.74) is 3.43. The van der Waals surface area contributed by atoms with Crippen molar-refractivity contribution in [2.75, 3.05) is 7.05 Å². The van der Waals surface area contributed by atoms with E-state index in [9.17, 15) is 9.18 Å². The number of nitrogens with one attached hydrogen (secondary N) is 1. The number of aromatic nitrogens is 2. The second-order valence-electron chi connectivity index (χ2n) is 5.96. The number of hydrogen-bond donors (Lipinski definition) is 1. The number of rotatable bonds is 4. The van der Waals surface area contributed by atoms with Crippen molar-refractivity contribution in [1.29, 1.82) is 0 Å². The normalized spacial score (nSPS) is 12.5. The molecule has 0 saturated heterocycles. The molecule has 1 aromatic carbocycles. The highest BCUT2D eigenvalue weighted by Crippen LogP contribution is 2.03. The smallest absolute Gasteiger partial charge is 0.258 e. The molecule has 0 aliphatic heterocycles. The summed E-state index contributed by atoms with van der Waals surface area (Å²) in [7, 11) is 2.03. The van der Waals surface area contributed by atoms with Crippen LogP contribution in [0, 0.1) is 12.7 Å². The number of pyridine rings is 1. The topological polar surface area (TPSA) is 38.8 Å². The van der Waals surface area contributed by atoms with Gasteiger partial charge in [0.15, 0.2) is 0 Å². The van der Waals surface area contributed by atoms with Gasteiger partial charge < -0.3 is 4.90 Å². The molecule has 5 heteroatoms. The Morgan fingerprint density at radius 1 is 1.13 bits per heavy atom. The molecule has 0 aliphatic rings. The van der Waals surface area contributed by atoms with Gasteiger partial charge in [0.1, 0.15) is 30.2 Å². The molecule has 3 rings (SSSR count). The maximum atomic E-state index is 12.9. The van der Waals surface area contributed by atoms with E-state index in [0.29, 0.717) is 12.2 Å². The zero-order chi connectivity index (χ0) is 16.4. The van der Waals surface area contributed by atoms with Crippen molar-refractivity contribution >= 4 is 5.65 Å². The van der Waals surface area contributed by atoms with E-state index in [0.717, 1.165) is 23.4 Å². The van der Waals surface area contributed by atoms with Crippen LogP contribution in [0.2, 0.25) is 0 Å². The molecule has 4 nitrogen and oxygen atoms in total. The summed E-state index contributed by atoms with van der Waals surface area (Å²) in [6.07, 6.45) is 1.80. The van der Waals surface area contributed by atoms with Gasteiger partial charge in [-0.2, -0.15) is 0 Å². The fourth-order valence-electron chi connectivity index (χ4n) is 2.67. The summed E-state index contributed by atoms with van der Waals surface area (Å²) in [6.45, 7) is 3.33. The number of aryl methyl sites for hydroxylation is 1. The minimum Gasteiger partial charge on any atom is -0.329 e. The Kier molecular flexibility index (Phi) is 4.21. The fourth-order valence-corrected chi connectivity index (χ4v) is 2.67. The molecule has 3 aromatic rings. The Morgan fingerprint density at radius 3 is 2.61 bits per heavy atom. The summed E-state index contributed by atoms with van der Waals surface area (Å²) in [5, 5.41) is 0. The highest BCUT2D eigenvalue weighted by molar-refractivity contribution is 5.39. The molecule has 0 amide bonds.